The molecule has 4 fully saturated rings. The van der Waals surface area contributed by atoms with Crippen LogP contribution in [-0.4, -0.2) is 81.3 Å². The fourth-order valence-electron chi connectivity index (χ4n) is 5.76. The Morgan fingerprint density at radius 2 is 1.77 bits per heavy atom. The average Bonchev–Trinajstić information content (AvgIpc) is 3.51. The quantitative estimate of drug-likeness (QED) is 0.650. The lowest BCUT2D eigenvalue weighted by molar-refractivity contribution is -0.153. The molecule has 4 aliphatic rings. The zero-order valence-corrected chi connectivity index (χ0v) is 18.3. The molecule has 2 N–H and O–H groups in total. The van der Waals surface area contributed by atoms with Crippen LogP contribution in [-0.2, 0) is 9.59 Å². The molecule has 4 rings (SSSR count). The second-order valence-electron chi connectivity index (χ2n) is 9.85. The molecule has 3 aliphatic carbocycles. The number of carbonyl (C=O) groups is 2. The number of carbonyl (C=O) groups excluding carboxylic acids is 2. The van der Waals surface area contributed by atoms with Crippen LogP contribution in [0, 0.1) is 17.8 Å². The van der Waals surface area contributed by atoms with Gasteiger partial charge in [0, 0.05) is 30.9 Å². The predicted molar refractivity (Wildman–Crippen MR) is 111 cm³/mol. The normalized spacial score (nSPS) is 38.9. The molecule has 30 heavy (non-hydrogen) atoms. The first-order chi connectivity index (χ1) is 14.3. The molecule has 0 radical (unpaired) electrons. The zero-order valence-electron chi connectivity index (χ0n) is 17.5. The van der Waals surface area contributed by atoms with E-state index in [1.165, 1.54) is 0 Å². The third kappa shape index (κ3) is 4.49. The van der Waals surface area contributed by atoms with Gasteiger partial charge in [0.15, 0.2) is 0 Å². The third-order valence-corrected chi connectivity index (χ3v) is 8.27. The van der Waals surface area contributed by atoms with Crippen molar-refractivity contribution in [1.82, 2.24) is 9.80 Å². The van der Waals surface area contributed by atoms with Crippen molar-refractivity contribution in [2.24, 2.45) is 17.8 Å². The monoisotopic (exact) mass is 444 g/mol. The van der Waals surface area contributed by atoms with Gasteiger partial charge in [-0.2, -0.15) is 0 Å². The summed E-state index contributed by atoms with van der Waals surface area (Å²) in [6, 6.07) is -0.426. The Balaban J connectivity index is 1.30. The van der Waals surface area contributed by atoms with Crippen molar-refractivity contribution in [2.75, 3.05) is 26.2 Å². The van der Waals surface area contributed by atoms with E-state index in [0.29, 0.717) is 38.3 Å². The minimum atomic E-state index is -1.22. The lowest BCUT2D eigenvalue weighted by atomic mass is 9.70. The van der Waals surface area contributed by atoms with Crippen LogP contribution in [0.2, 0.25) is 0 Å². The fraction of sp³-hybridized carbons (Fsp3) is 0.909. The molecule has 0 bridgehead atoms. The fourth-order valence-corrected chi connectivity index (χ4v) is 6.06. The van der Waals surface area contributed by atoms with Crippen molar-refractivity contribution >= 4 is 23.4 Å². The summed E-state index contributed by atoms with van der Waals surface area (Å²) < 4.78 is 14.5. The van der Waals surface area contributed by atoms with Crippen LogP contribution in [0.1, 0.15) is 57.8 Å². The molecule has 1 saturated heterocycles. The number of nitrogens with zero attached hydrogens (tertiary/aromatic N) is 2. The van der Waals surface area contributed by atoms with Crippen LogP contribution in [0.25, 0.3) is 0 Å². The lowest BCUT2D eigenvalue weighted by Crippen LogP contribution is -2.60. The first-order valence-corrected chi connectivity index (χ1v) is 12.0. The average molecular weight is 445 g/mol. The number of rotatable bonds is 4. The van der Waals surface area contributed by atoms with E-state index in [1.807, 2.05) is 0 Å². The van der Waals surface area contributed by atoms with E-state index in [4.69, 9.17) is 11.6 Å². The van der Waals surface area contributed by atoms with Crippen LogP contribution in [0.5, 0.6) is 0 Å². The highest BCUT2D eigenvalue weighted by Gasteiger charge is 2.51. The van der Waals surface area contributed by atoms with E-state index in [1.54, 1.807) is 9.80 Å². The summed E-state index contributed by atoms with van der Waals surface area (Å²) in [7, 11) is 0. The van der Waals surface area contributed by atoms with Crippen LogP contribution in [0.4, 0.5) is 4.39 Å². The van der Waals surface area contributed by atoms with Crippen LogP contribution in [0.15, 0.2) is 0 Å². The molecule has 0 aromatic rings. The van der Waals surface area contributed by atoms with Gasteiger partial charge in [-0.3, -0.25) is 9.59 Å². The van der Waals surface area contributed by atoms with Crippen molar-refractivity contribution in [3.8, 4) is 0 Å². The number of hydrogen-bond acceptors (Lipinski definition) is 4. The molecule has 1 aliphatic heterocycles. The minimum Gasteiger partial charge on any atom is -0.394 e. The second kappa shape index (κ2) is 8.91. The van der Waals surface area contributed by atoms with E-state index in [0.717, 1.165) is 38.5 Å². The highest BCUT2D eigenvalue weighted by molar-refractivity contribution is 6.20. The van der Waals surface area contributed by atoms with E-state index >= 15 is 0 Å². The van der Waals surface area contributed by atoms with Gasteiger partial charge in [0.1, 0.15) is 11.8 Å². The Bertz CT molecular complexity index is 653. The van der Waals surface area contributed by atoms with Gasteiger partial charge in [-0.15, -0.1) is 11.6 Å². The van der Waals surface area contributed by atoms with E-state index in [9.17, 15) is 24.2 Å². The van der Waals surface area contributed by atoms with E-state index in [-0.39, 0.29) is 42.2 Å². The Labute approximate surface area is 182 Å². The first kappa shape index (κ1) is 22.3. The Hall–Kier alpha value is -0.920. The topological polar surface area (TPSA) is 81.1 Å². The molecule has 3 saturated carbocycles. The molecule has 6 nitrogen and oxygen atoms in total. The number of piperazine rings is 1. The lowest BCUT2D eigenvalue weighted by Gasteiger charge is -2.44. The number of aliphatic hydroxyl groups is 2. The summed E-state index contributed by atoms with van der Waals surface area (Å²) in [5, 5.41) is 19.9. The maximum atomic E-state index is 14.5. The highest BCUT2D eigenvalue weighted by Crippen LogP contribution is 2.43. The molecule has 2 amide bonds. The van der Waals surface area contributed by atoms with Crippen LogP contribution in [0.3, 0.4) is 0 Å². The summed E-state index contributed by atoms with van der Waals surface area (Å²) in [6.45, 7) is 0.848. The van der Waals surface area contributed by atoms with Crippen molar-refractivity contribution < 1.29 is 24.2 Å². The molecule has 4 atom stereocenters. The van der Waals surface area contributed by atoms with Crippen molar-refractivity contribution in [2.45, 2.75) is 81.0 Å². The molecule has 0 spiro atoms. The third-order valence-electron chi connectivity index (χ3n) is 7.87. The molecule has 3 unspecified atom stereocenters. The van der Waals surface area contributed by atoms with Gasteiger partial charge in [-0.05, 0) is 69.6 Å². The zero-order chi connectivity index (χ0) is 21.5. The van der Waals surface area contributed by atoms with Gasteiger partial charge in [0.2, 0.25) is 5.91 Å². The summed E-state index contributed by atoms with van der Waals surface area (Å²) in [4.78, 5) is 28.9. The second-order valence-corrected chi connectivity index (χ2v) is 10.5. The summed E-state index contributed by atoms with van der Waals surface area (Å²) in [5.41, 5.74) is -1.22. The number of halogens is 2. The highest BCUT2D eigenvalue weighted by atomic mass is 35.5. The van der Waals surface area contributed by atoms with Crippen molar-refractivity contribution in [3.05, 3.63) is 0 Å². The Kier molecular flexibility index (Phi) is 6.62. The summed E-state index contributed by atoms with van der Waals surface area (Å²) >= 11 is 6.10. The van der Waals surface area contributed by atoms with Crippen LogP contribution < -0.4 is 0 Å². The van der Waals surface area contributed by atoms with Gasteiger partial charge in [-0.1, -0.05) is 0 Å². The maximum Gasteiger partial charge on any atom is 0.254 e. The number of hydrogen-bond donors (Lipinski definition) is 2. The number of amides is 2. The van der Waals surface area contributed by atoms with Gasteiger partial charge in [0.05, 0.1) is 12.6 Å². The molecule has 1 heterocycles. The number of aliphatic hydroxyl groups excluding tert-OH is 1. The smallest absolute Gasteiger partial charge is 0.254 e. The number of alkyl halides is 2. The van der Waals surface area contributed by atoms with Gasteiger partial charge >= 0.3 is 0 Å². The van der Waals surface area contributed by atoms with Gasteiger partial charge in [-0.25, -0.2) is 4.39 Å². The standard InChI is InChI=1S/C22H34ClFN2O4/c23-16-5-6-18(19(24)11-16)14-1-3-15(4-2-14)20(28)26-10-9-25(12-17(26)13-27)21(29)22(30)7-8-22/h14-19,27,30H,1-13H2/t14?,15?,16?,17-,18?,19?/m1/s1. The van der Waals surface area contributed by atoms with E-state index < -0.39 is 17.8 Å². The molecule has 170 valence electrons. The molecule has 0 aromatic carbocycles. The van der Waals surface area contributed by atoms with Gasteiger partial charge in [0.25, 0.3) is 5.91 Å². The van der Waals surface area contributed by atoms with E-state index in [2.05, 4.69) is 0 Å². The first-order valence-electron chi connectivity index (χ1n) is 11.5. The largest absolute Gasteiger partial charge is 0.394 e. The summed E-state index contributed by atoms with van der Waals surface area (Å²) in [6.07, 6.45) is 5.56. The molecule has 0 aromatic heterocycles. The van der Waals surface area contributed by atoms with Crippen molar-refractivity contribution in [3.63, 3.8) is 0 Å². The van der Waals surface area contributed by atoms with Crippen molar-refractivity contribution in [1.29, 1.82) is 0 Å². The predicted octanol–water partition coefficient (Wildman–Crippen LogP) is 2.10. The molecular formula is C22H34ClFN2O4. The summed E-state index contributed by atoms with van der Waals surface area (Å²) in [5.74, 6) is 0.0826. The Morgan fingerprint density at radius 3 is 2.37 bits per heavy atom. The molecular weight excluding hydrogens is 411 g/mol. The Morgan fingerprint density at radius 1 is 1.07 bits per heavy atom. The molecule has 8 heteroatoms. The van der Waals surface area contributed by atoms with Gasteiger partial charge < -0.3 is 20.0 Å². The maximum absolute atomic E-state index is 14.5. The SMILES string of the molecule is O=C(C1CCC(C2CCC(Cl)CC2F)CC1)N1CCN(C(=O)C2(O)CC2)C[C@@H]1CO. The van der Waals surface area contributed by atoms with Crippen LogP contribution >= 0.6 is 11.6 Å². The minimum absolute atomic E-state index is 0.0456.